The Balaban J connectivity index is 1.63. The van der Waals surface area contributed by atoms with Crippen LogP contribution in [-0.4, -0.2) is 31.9 Å². The third kappa shape index (κ3) is 2.06. The van der Waals surface area contributed by atoms with Crippen molar-refractivity contribution in [2.75, 3.05) is 6.54 Å². The van der Waals surface area contributed by atoms with E-state index in [1.807, 2.05) is 40.6 Å². The highest BCUT2D eigenvalue weighted by molar-refractivity contribution is 5.95. The Kier molecular flexibility index (Phi) is 2.92. The van der Waals surface area contributed by atoms with E-state index in [2.05, 4.69) is 28.4 Å². The highest BCUT2D eigenvalue weighted by Crippen LogP contribution is 2.20. The third-order valence-electron chi connectivity index (χ3n) is 4.25. The largest absolute Gasteiger partial charge is 0.334 e. The lowest BCUT2D eigenvalue weighted by atomic mass is 9.99. The highest BCUT2D eigenvalue weighted by Gasteiger charge is 2.21. The van der Waals surface area contributed by atoms with Crippen LogP contribution in [0, 0.1) is 6.92 Å². The number of amides is 1. The van der Waals surface area contributed by atoms with Gasteiger partial charge < -0.3 is 4.90 Å². The van der Waals surface area contributed by atoms with Crippen molar-refractivity contribution in [2.24, 2.45) is 0 Å². The summed E-state index contributed by atoms with van der Waals surface area (Å²) in [6.45, 7) is 3.32. The smallest absolute Gasteiger partial charge is 0.254 e. The molecule has 1 aromatic carbocycles. The number of rotatable bonds is 1. The van der Waals surface area contributed by atoms with Gasteiger partial charge in [-0.2, -0.15) is 0 Å². The SMILES string of the molecule is Cc1nnc2cc(C(=O)N3CCc4ccccc4C3)ccn12. The number of pyridine rings is 1. The van der Waals surface area contributed by atoms with E-state index < -0.39 is 0 Å². The van der Waals surface area contributed by atoms with Gasteiger partial charge in [0.2, 0.25) is 0 Å². The van der Waals surface area contributed by atoms with E-state index in [0.717, 1.165) is 18.8 Å². The van der Waals surface area contributed by atoms with E-state index in [-0.39, 0.29) is 5.91 Å². The molecule has 110 valence electrons. The number of hydrogen-bond acceptors (Lipinski definition) is 3. The van der Waals surface area contributed by atoms with E-state index in [9.17, 15) is 4.79 Å². The van der Waals surface area contributed by atoms with Crippen LogP contribution in [0.4, 0.5) is 0 Å². The average molecular weight is 292 g/mol. The fraction of sp³-hybridized carbons (Fsp3) is 0.235. The van der Waals surface area contributed by atoms with E-state index in [4.69, 9.17) is 0 Å². The number of carbonyl (C=O) groups excluding carboxylic acids is 1. The summed E-state index contributed by atoms with van der Waals surface area (Å²) in [7, 11) is 0. The van der Waals surface area contributed by atoms with Crippen LogP contribution in [0.3, 0.4) is 0 Å². The second-order valence-corrected chi connectivity index (χ2v) is 5.64. The fourth-order valence-corrected chi connectivity index (χ4v) is 3.00. The predicted molar refractivity (Wildman–Crippen MR) is 82.6 cm³/mol. The molecule has 0 unspecified atom stereocenters. The molecule has 3 aromatic rings. The molecule has 1 amide bonds. The molecule has 0 saturated carbocycles. The molecule has 0 radical (unpaired) electrons. The zero-order valence-corrected chi connectivity index (χ0v) is 12.4. The molecule has 0 atom stereocenters. The maximum Gasteiger partial charge on any atom is 0.254 e. The lowest BCUT2D eigenvalue weighted by Gasteiger charge is -2.29. The molecule has 5 nitrogen and oxygen atoms in total. The van der Waals surface area contributed by atoms with Gasteiger partial charge in [0.25, 0.3) is 5.91 Å². The minimum Gasteiger partial charge on any atom is -0.334 e. The Morgan fingerprint density at radius 2 is 1.95 bits per heavy atom. The molecule has 0 spiro atoms. The first kappa shape index (κ1) is 13.0. The zero-order valence-electron chi connectivity index (χ0n) is 12.4. The number of benzene rings is 1. The zero-order chi connectivity index (χ0) is 15.1. The Bertz CT molecular complexity index is 868. The summed E-state index contributed by atoms with van der Waals surface area (Å²) in [5, 5.41) is 8.11. The van der Waals surface area contributed by atoms with Crippen LogP contribution in [0.2, 0.25) is 0 Å². The predicted octanol–water partition coefficient (Wildman–Crippen LogP) is 2.24. The average Bonchev–Trinajstić information content (AvgIpc) is 2.94. The number of fused-ring (bicyclic) bond motifs is 2. The van der Waals surface area contributed by atoms with Crippen LogP contribution in [0.1, 0.15) is 27.3 Å². The van der Waals surface area contributed by atoms with Gasteiger partial charge in [0.15, 0.2) is 5.65 Å². The molecule has 5 heteroatoms. The summed E-state index contributed by atoms with van der Waals surface area (Å²) in [4.78, 5) is 14.6. The fourth-order valence-electron chi connectivity index (χ4n) is 3.00. The molecule has 22 heavy (non-hydrogen) atoms. The number of nitrogens with zero attached hydrogens (tertiary/aromatic N) is 4. The second-order valence-electron chi connectivity index (χ2n) is 5.64. The summed E-state index contributed by atoms with van der Waals surface area (Å²) < 4.78 is 1.88. The van der Waals surface area contributed by atoms with Crippen LogP contribution >= 0.6 is 0 Å². The van der Waals surface area contributed by atoms with Crippen molar-refractivity contribution in [2.45, 2.75) is 19.9 Å². The molecule has 2 aromatic heterocycles. The Labute approximate surface area is 128 Å². The molecule has 3 heterocycles. The van der Waals surface area contributed by atoms with Crippen LogP contribution in [0.15, 0.2) is 42.6 Å². The molecular formula is C17H16N4O. The molecule has 0 bridgehead atoms. The Hall–Kier alpha value is -2.69. The minimum atomic E-state index is 0.0534. The summed E-state index contributed by atoms with van der Waals surface area (Å²) in [6.07, 6.45) is 2.77. The number of hydrogen-bond donors (Lipinski definition) is 0. The number of aryl methyl sites for hydroxylation is 1. The first-order valence-corrected chi connectivity index (χ1v) is 7.40. The van der Waals surface area contributed by atoms with Gasteiger partial charge in [0.1, 0.15) is 5.82 Å². The van der Waals surface area contributed by atoms with E-state index in [1.165, 1.54) is 11.1 Å². The minimum absolute atomic E-state index is 0.0534. The summed E-state index contributed by atoms with van der Waals surface area (Å²) in [5.74, 6) is 0.874. The van der Waals surface area contributed by atoms with Gasteiger partial charge in [-0.3, -0.25) is 9.20 Å². The summed E-state index contributed by atoms with van der Waals surface area (Å²) >= 11 is 0. The molecule has 0 aliphatic carbocycles. The van der Waals surface area contributed by atoms with Crippen molar-refractivity contribution in [3.05, 3.63) is 65.1 Å². The first-order chi connectivity index (χ1) is 10.7. The van der Waals surface area contributed by atoms with E-state index >= 15 is 0 Å². The van der Waals surface area contributed by atoms with E-state index in [1.54, 1.807) is 0 Å². The van der Waals surface area contributed by atoms with Gasteiger partial charge in [0.05, 0.1) is 0 Å². The molecule has 0 N–H and O–H groups in total. The van der Waals surface area contributed by atoms with Gasteiger partial charge in [0, 0.05) is 24.8 Å². The van der Waals surface area contributed by atoms with Crippen molar-refractivity contribution in [3.8, 4) is 0 Å². The molecule has 1 aliphatic heterocycles. The van der Waals surface area contributed by atoms with Gasteiger partial charge in [-0.1, -0.05) is 24.3 Å². The monoisotopic (exact) mass is 292 g/mol. The maximum atomic E-state index is 12.7. The van der Waals surface area contributed by atoms with Crippen LogP contribution in [0.25, 0.3) is 5.65 Å². The number of aromatic nitrogens is 3. The standard InChI is InChI=1S/C17H16N4O/c1-12-18-19-16-10-14(7-9-21(12)16)17(22)20-8-6-13-4-2-3-5-15(13)11-20/h2-5,7,9-10H,6,8,11H2,1H3. The highest BCUT2D eigenvalue weighted by atomic mass is 16.2. The van der Waals surface area contributed by atoms with Gasteiger partial charge >= 0.3 is 0 Å². The first-order valence-electron chi connectivity index (χ1n) is 7.40. The third-order valence-corrected chi connectivity index (χ3v) is 4.25. The van der Waals surface area contributed by atoms with E-state index in [0.29, 0.717) is 17.8 Å². The normalized spacial score (nSPS) is 14.1. The van der Waals surface area contributed by atoms with Crippen molar-refractivity contribution >= 4 is 11.6 Å². The quantitative estimate of drug-likeness (QED) is 0.691. The molecule has 1 aliphatic rings. The topological polar surface area (TPSA) is 50.5 Å². The van der Waals surface area contributed by atoms with Crippen molar-refractivity contribution < 1.29 is 4.79 Å². The lowest BCUT2D eigenvalue weighted by molar-refractivity contribution is 0.0734. The molecule has 0 fully saturated rings. The van der Waals surface area contributed by atoms with Crippen molar-refractivity contribution in [1.82, 2.24) is 19.5 Å². The Morgan fingerprint density at radius 3 is 2.82 bits per heavy atom. The number of carbonyl (C=O) groups is 1. The lowest BCUT2D eigenvalue weighted by Crippen LogP contribution is -2.35. The second kappa shape index (κ2) is 4.94. The Morgan fingerprint density at radius 1 is 1.14 bits per heavy atom. The van der Waals surface area contributed by atoms with Gasteiger partial charge in [-0.25, -0.2) is 0 Å². The molecular weight excluding hydrogens is 276 g/mol. The van der Waals surface area contributed by atoms with Crippen LogP contribution < -0.4 is 0 Å². The summed E-state index contributed by atoms with van der Waals surface area (Å²) in [5.41, 5.74) is 3.96. The molecule has 0 saturated heterocycles. The van der Waals surface area contributed by atoms with Crippen molar-refractivity contribution in [3.63, 3.8) is 0 Å². The van der Waals surface area contributed by atoms with Gasteiger partial charge in [-0.05, 0) is 36.6 Å². The maximum absolute atomic E-state index is 12.7. The van der Waals surface area contributed by atoms with Gasteiger partial charge in [-0.15, -0.1) is 10.2 Å². The molecule has 4 rings (SSSR count). The van der Waals surface area contributed by atoms with Crippen molar-refractivity contribution in [1.29, 1.82) is 0 Å². The van der Waals surface area contributed by atoms with Crippen LogP contribution in [0.5, 0.6) is 0 Å². The summed E-state index contributed by atoms with van der Waals surface area (Å²) in [6, 6.07) is 12.0. The van der Waals surface area contributed by atoms with Crippen LogP contribution in [-0.2, 0) is 13.0 Å².